The summed E-state index contributed by atoms with van der Waals surface area (Å²) in [6.07, 6.45) is -1.27. The third-order valence-corrected chi connectivity index (χ3v) is 5.79. The van der Waals surface area contributed by atoms with Crippen molar-refractivity contribution in [3.63, 3.8) is 0 Å². The van der Waals surface area contributed by atoms with Gasteiger partial charge >= 0.3 is 12.2 Å². The number of nitrogens with one attached hydrogen (secondary N) is 4. The fourth-order valence-electron chi connectivity index (χ4n) is 3.98. The van der Waals surface area contributed by atoms with Crippen molar-refractivity contribution in [1.29, 1.82) is 0 Å². The van der Waals surface area contributed by atoms with Crippen LogP contribution < -0.4 is 21.3 Å². The van der Waals surface area contributed by atoms with E-state index < -0.39 is 44.6 Å². The summed E-state index contributed by atoms with van der Waals surface area (Å²) in [6, 6.07) is 11.9. The maximum atomic E-state index is 12.1. The van der Waals surface area contributed by atoms with E-state index >= 15 is 0 Å². The van der Waals surface area contributed by atoms with Crippen LogP contribution in [0.25, 0.3) is 0 Å². The second-order valence-corrected chi connectivity index (χ2v) is 12.0. The smallest absolute Gasteiger partial charge is 0.412 e. The van der Waals surface area contributed by atoms with E-state index in [-0.39, 0.29) is 11.4 Å². The second-order valence-electron chi connectivity index (χ2n) is 12.0. The number of nitro groups is 2. The number of nitro benzene ring substituents is 2. The standard InChI is InChI=1S/C30H36N6O8/c1-17-13-19(31-27(37)43-29(3,4)5)9-11-21(17)33-23-15-24(26(36(41)42)16-25(23)35(39)40)34-22-12-10-20(14-18(22)2)32-28(38)44-30(6,7)8/h9-16,33-34H,1-8H3,(H,31,37)(H,32,38). The van der Waals surface area contributed by atoms with Crippen molar-refractivity contribution in [3.05, 3.63) is 79.9 Å². The Morgan fingerprint density at radius 3 is 1.27 bits per heavy atom. The Balaban J connectivity index is 1.92. The lowest BCUT2D eigenvalue weighted by molar-refractivity contribution is -0.393. The minimum absolute atomic E-state index is 0.0000768. The van der Waals surface area contributed by atoms with Gasteiger partial charge < -0.3 is 20.1 Å². The van der Waals surface area contributed by atoms with E-state index in [1.165, 1.54) is 6.07 Å². The normalized spacial score (nSPS) is 11.3. The van der Waals surface area contributed by atoms with Gasteiger partial charge in [-0.15, -0.1) is 0 Å². The molecule has 3 aromatic carbocycles. The SMILES string of the molecule is Cc1cc(NC(=O)OC(C)(C)C)ccc1Nc1cc(Nc2ccc(NC(=O)OC(C)(C)C)cc2C)c([N+](=O)[O-])cc1[N+](=O)[O-]. The van der Waals surface area contributed by atoms with Crippen molar-refractivity contribution in [1.82, 2.24) is 0 Å². The Labute approximate surface area is 254 Å². The largest absolute Gasteiger partial charge is 0.444 e. The zero-order valence-electron chi connectivity index (χ0n) is 25.8. The van der Waals surface area contributed by atoms with Crippen LogP contribution in [0.15, 0.2) is 48.5 Å². The molecule has 0 aliphatic carbocycles. The van der Waals surface area contributed by atoms with Crippen molar-refractivity contribution in [2.45, 2.75) is 66.6 Å². The van der Waals surface area contributed by atoms with Gasteiger partial charge in [-0.2, -0.15) is 0 Å². The van der Waals surface area contributed by atoms with Crippen molar-refractivity contribution >= 4 is 57.7 Å². The fraction of sp³-hybridized carbons (Fsp3) is 0.333. The van der Waals surface area contributed by atoms with Gasteiger partial charge in [-0.1, -0.05) is 0 Å². The molecule has 0 aliphatic rings. The minimum atomic E-state index is -0.713. The van der Waals surface area contributed by atoms with Crippen LogP contribution in [0.1, 0.15) is 52.7 Å². The Bertz CT molecular complexity index is 1490. The Kier molecular flexibility index (Phi) is 9.67. The number of hydrogen-bond acceptors (Lipinski definition) is 10. The quantitative estimate of drug-likeness (QED) is 0.143. The summed E-state index contributed by atoms with van der Waals surface area (Å²) >= 11 is 0. The van der Waals surface area contributed by atoms with Gasteiger partial charge in [0.2, 0.25) is 0 Å². The maximum Gasteiger partial charge on any atom is 0.412 e. The molecular weight excluding hydrogens is 572 g/mol. The zero-order chi connectivity index (χ0) is 33.0. The molecule has 0 aliphatic heterocycles. The van der Waals surface area contributed by atoms with Crippen LogP contribution in [0.2, 0.25) is 0 Å². The molecule has 0 bridgehead atoms. The molecule has 44 heavy (non-hydrogen) atoms. The van der Waals surface area contributed by atoms with Crippen LogP contribution >= 0.6 is 0 Å². The van der Waals surface area contributed by atoms with E-state index in [0.717, 1.165) is 6.07 Å². The van der Waals surface area contributed by atoms with Crippen LogP contribution in [-0.2, 0) is 9.47 Å². The molecule has 4 N–H and O–H groups in total. The van der Waals surface area contributed by atoms with E-state index in [1.54, 1.807) is 91.8 Å². The van der Waals surface area contributed by atoms with Crippen LogP contribution in [0.3, 0.4) is 0 Å². The minimum Gasteiger partial charge on any atom is -0.444 e. The van der Waals surface area contributed by atoms with Crippen LogP contribution in [0.4, 0.5) is 55.1 Å². The van der Waals surface area contributed by atoms with Gasteiger partial charge in [0, 0.05) is 22.7 Å². The maximum absolute atomic E-state index is 12.1. The number of anilines is 6. The molecule has 3 aromatic rings. The van der Waals surface area contributed by atoms with Gasteiger partial charge in [0.05, 0.1) is 15.9 Å². The fourth-order valence-corrected chi connectivity index (χ4v) is 3.98. The van der Waals surface area contributed by atoms with Crippen molar-refractivity contribution < 1.29 is 28.9 Å². The summed E-state index contributed by atoms with van der Waals surface area (Å²) < 4.78 is 10.5. The number of benzene rings is 3. The highest BCUT2D eigenvalue weighted by Gasteiger charge is 2.26. The number of carbonyl (C=O) groups excluding carboxylic acids is 2. The summed E-state index contributed by atoms with van der Waals surface area (Å²) in [5, 5.41) is 35.1. The van der Waals surface area contributed by atoms with Gasteiger partial charge in [-0.3, -0.25) is 30.9 Å². The molecule has 0 unspecified atom stereocenters. The molecule has 2 amide bonds. The molecule has 3 rings (SSSR count). The molecule has 0 heterocycles. The van der Waals surface area contributed by atoms with E-state index in [9.17, 15) is 29.8 Å². The number of rotatable bonds is 8. The van der Waals surface area contributed by atoms with E-state index in [4.69, 9.17) is 9.47 Å². The number of nitrogens with zero attached hydrogens (tertiary/aromatic N) is 2. The molecule has 0 saturated carbocycles. The first-order valence-electron chi connectivity index (χ1n) is 13.5. The number of hydrogen-bond donors (Lipinski definition) is 4. The summed E-state index contributed by atoms with van der Waals surface area (Å²) in [5.41, 5.74) is 0.711. The lowest BCUT2D eigenvalue weighted by Gasteiger charge is -2.20. The van der Waals surface area contributed by atoms with Gasteiger partial charge in [0.15, 0.2) is 0 Å². The molecule has 14 heteroatoms. The van der Waals surface area contributed by atoms with E-state index in [0.29, 0.717) is 33.9 Å². The molecule has 0 aromatic heterocycles. The van der Waals surface area contributed by atoms with Crippen molar-refractivity contribution in [3.8, 4) is 0 Å². The Hall–Kier alpha value is -5.40. The summed E-state index contributed by atoms with van der Waals surface area (Å²) in [4.78, 5) is 46.7. The van der Waals surface area contributed by atoms with E-state index in [1.807, 2.05) is 0 Å². The lowest BCUT2D eigenvalue weighted by atomic mass is 10.1. The predicted octanol–water partition coefficient (Wildman–Crippen LogP) is 8.30. The highest BCUT2D eigenvalue weighted by Crippen LogP contribution is 2.40. The van der Waals surface area contributed by atoms with Gasteiger partial charge in [-0.25, -0.2) is 9.59 Å². The zero-order valence-corrected chi connectivity index (χ0v) is 25.8. The van der Waals surface area contributed by atoms with Crippen LogP contribution in [0, 0.1) is 34.1 Å². The first kappa shape index (κ1) is 33.1. The van der Waals surface area contributed by atoms with Gasteiger partial charge in [-0.05, 0) is 109 Å². The molecule has 0 saturated heterocycles. The van der Waals surface area contributed by atoms with E-state index in [2.05, 4.69) is 21.3 Å². The molecule has 0 radical (unpaired) electrons. The third kappa shape index (κ3) is 9.31. The monoisotopic (exact) mass is 608 g/mol. The summed E-state index contributed by atoms with van der Waals surface area (Å²) in [7, 11) is 0. The predicted molar refractivity (Wildman–Crippen MR) is 168 cm³/mol. The lowest BCUT2D eigenvalue weighted by Crippen LogP contribution is -2.27. The summed E-state index contributed by atoms with van der Waals surface area (Å²) in [6.45, 7) is 13.9. The Morgan fingerprint density at radius 1 is 0.614 bits per heavy atom. The molecule has 0 atom stereocenters. The number of carbonyl (C=O) groups is 2. The van der Waals surface area contributed by atoms with Gasteiger partial charge in [0.1, 0.15) is 22.6 Å². The highest BCUT2D eigenvalue weighted by molar-refractivity contribution is 5.88. The molecular formula is C30H36N6O8. The highest BCUT2D eigenvalue weighted by atomic mass is 16.6. The Morgan fingerprint density at radius 2 is 0.977 bits per heavy atom. The number of aryl methyl sites for hydroxylation is 2. The van der Waals surface area contributed by atoms with Crippen LogP contribution in [-0.4, -0.2) is 33.2 Å². The molecule has 0 fully saturated rings. The third-order valence-electron chi connectivity index (χ3n) is 5.79. The first-order chi connectivity index (χ1) is 20.3. The second kappa shape index (κ2) is 12.9. The van der Waals surface area contributed by atoms with Gasteiger partial charge in [0.25, 0.3) is 11.4 Å². The average molecular weight is 609 g/mol. The average Bonchev–Trinajstić information content (AvgIpc) is 2.84. The molecule has 0 spiro atoms. The number of amides is 2. The topological polar surface area (TPSA) is 187 Å². The molecule has 14 nitrogen and oxygen atoms in total. The summed E-state index contributed by atoms with van der Waals surface area (Å²) in [5.74, 6) is 0. The van der Waals surface area contributed by atoms with Crippen molar-refractivity contribution in [2.24, 2.45) is 0 Å². The van der Waals surface area contributed by atoms with Crippen molar-refractivity contribution in [2.75, 3.05) is 21.3 Å². The first-order valence-corrected chi connectivity index (χ1v) is 13.5. The van der Waals surface area contributed by atoms with Crippen LogP contribution in [0.5, 0.6) is 0 Å². The molecule has 234 valence electrons. The number of ether oxygens (including phenoxy) is 2.